The van der Waals surface area contributed by atoms with Crippen LogP contribution in [-0.2, 0) is 6.42 Å². The lowest BCUT2D eigenvalue weighted by Crippen LogP contribution is -2.36. The summed E-state index contributed by atoms with van der Waals surface area (Å²) in [4.78, 5) is 30.8. The van der Waals surface area contributed by atoms with Gasteiger partial charge in [-0.1, -0.05) is 19.3 Å². The highest BCUT2D eigenvalue weighted by Gasteiger charge is 2.35. The summed E-state index contributed by atoms with van der Waals surface area (Å²) in [6.07, 6.45) is 9.05. The average molecular weight is 299 g/mol. The predicted octanol–water partition coefficient (Wildman–Crippen LogP) is 1.63. The molecule has 4 rings (SSSR count). The Bertz CT molecular complexity index is 624. The number of nitrogens with one attached hydrogen (secondary N) is 1. The molecule has 0 spiro atoms. The first kappa shape index (κ1) is 13.7. The number of carbonyl (C=O) groups excluding carboxylic acids is 2. The van der Waals surface area contributed by atoms with E-state index < -0.39 is 0 Å². The molecule has 3 aliphatic rings. The molecule has 0 radical (unpaired) electrons. The SMILES string of the molecule is O=C1NCCc2c1cncc2C(=O)N1CCC(C2CCC2)C1. The van der Waals surface area contributed by atoms with Crippen molar-refractivity contribution in [2.24, 2.45) is 11.8 Å². The van der Waals surface area contributed by atoms with Crippen LogP contribution in [0.25, 0.3) is 0 Å². The quantitative estimate of drug-likeness (QED) is 0.903. The summed E-state index contributed by atoms with van der Waals surface area (Å²) in [6.45, 7) is 2.32. The number of pyridine rings is 1. The molecular formula is C17H21N3O2. The molecule has 1 atom stereocenters. The van der Waals surface area contributed by atoms with Gasteiger partial charge in [0.05, 0.1) is 11.1 Å². The van der Waals surface area contributed by atoms with Crippen molar-refractivity contribution in [2.75, 3.05) is 19.6 Å². The predicted molar refractivity (Wildman–Crippen MR) is 81.6 cm³/mol. The van der Waals surface area contributed by atoms with Crippen LogP contribution < -0.4 is 5.32 Å². The minimum absolute atomic E-state index is 0.0564. The molecule has 0 aromatic carbocycles. The third-order valence-electron chi connectivity index (χ3n) is 5.52. The van der Waals surface area contributed by atoms with Crippen LogP contribution in [0.2, 0.25) is 0 Å². The fourth-order valence-electron chi connectivity index (χ4n) is 3.97. The standard InChI is InChI=1S/C17H21N3O2/c21-16-14-8-18-9-15(13(14)4-6-19-16)17(22)20-7-5-12(10-20)11-2-1-3-11/h8-9,11-12H,1-7,10H2,(H,19,21). The Morgan fingerprint density at radius 2 is 2.09 bits per heavy atom. The van der Waals surface area contributed by atoms with Crippen molar-refractivity contribution in [3.63, 3.8) is 0 Å². The van der Waals surface area contributed by atoms with Gasteiger partial charge in [0.1, 0.15) is 0 Å². The minimum Gasteiger partial charge on any atom is -0.352 e. The normalized spacial score (nSPS) is 24.6. The van der Waals surface area contributed by atoms with Gasteiger partial charge in [0.2, 0.25) is 0 Å². The summed E-state index contributed by atoms with van der Waals surface area (Å²) in [6, 6.07) is 0. The lowest BCUT2D eigenvalue weighted by atomic mass is 9.75. The molecule has 1 aromatic rings. The van der Waals surface area contributed by atoms with Gasteiger partial charge < -0.3 is 10.2 Å². The minimum atomic E-state index is -0.114. The van der Waals surface area contributed by atoms with E-state index in [1.54, 1.807) is 12.4 Å². The van der Waals surface area contributed by atoms with Gasteiger partial charge in [-0.3, -0.25) is 14.6 Å². The second-order valence-electron chi connectivity index (χ2n) is 6.71. The van der Waals surface area contributed by atoms with E-state index in [1.807, 2.05) is 4.90 Å². The van der Waals surface area contributed by atoms with E-state index in [4.69, 9.17) is 0 Å². The van der Waals surface area contributed by atoms with E-state index in [0.29, 0.717) is 30.0 Å². The van der Waals surface area contributed by atoms with Gasteiger partial charge in [-0.2, -0.15) is 0 Å². The van der Waals surface area contributed by atoms with Crippen LogP contribution in [0.15, 0.2) is 12.4 Å². The number of rotatable bonds is 2. The number of hydrogen-bond donors (Lipinski definition) is 1. The molecule has 1 saturated heterocycles. The number of amides is 2. The molecule has 1 N–H and O–H groups in total. The van der Waals surface area contributed by atoms with E-state index in [9.17, 15) is 9.59 Å². The molecule has 116 valence electrons. The van der Waals surface area contributed by atoms with Gasteiger partial charge in [0.25, 0.3) is 11.8 Å². The van der Waals surface area contributed by atoms with Crippen LogP contribution in [0.1, 0.15) is 52.0 Å². The van der Waals surface area contributed by atoms with Gasteiger partial charge in [-0.25, -0.2) is 0 Å². The van der Waals surface area contributed by atoms with Crippen LogP contribution in [0.3, 0.4) is 0 Å². The molecule has 1 unspecified atom stereocenters. The van der Waals surface area contributed by atoms with Gasteiger partial charge >= 0.3 is 0 Å². The molecule has 1 saturated carbocycles. The van der Waals surface area contributed by atoms with Gasteiger partial charge in [0, 0.05) is 32.0 Å². The maximum Gasteiger partial charge on any atom is 0.255 e. The van der Waals surface area contributed by atoms with E-state index in [2.05, 4.69) is 10.3 Å². The Balaban J connectivity index is 1.56. The van der Waals surface area contributed by atoms with E-state index in [1.165, 1.54) is 19.3 Å². The Morgan fingerprint density at radius 1 is 1.23 bits per heavy atom. The van der Waals surface area contributed by atoms with E-state index in [0.717, 1.165) is 31.0 Å². The number of carbonyl (C=O) groups is 2. The molecule has 5 nitrogen and oxygen atoms in total. The van der Waals surface area contributed by atoms with E-state index in [-0.39, 0.29) is 11.8 Å². The molecule has 22 heavy (non-hydrogen) atoms. The zero-order chi connectivity index (χ0) is 15.1. The average Bonchev–Trinajstić information content (AvgIpc) is 2.94. The highest BCUT2D eigenvalue weighted by Crippen LogP contribution is 2.38. The van der Waals surface area contributed by atoms with Crippen molar-refractivity contribution in [2.45, 2.75) is 32.1 Å². The Hall–Kier alpha value is -1.91. The van der Waals surface area contributed by atoms with Gasteiger partial charge in [-0.15, -0.1) is 0 Å². The first-order chi connectivity index (χ1) is 10.7. The van der Waals surface area contributed by atoms with Crippen molar-refractivity contribution in [1.29, 1.82) is 0 Å². The number of hydrogen-bond acceptors (Lipinski definition) is 3. The lowest BCUT2D eigenvalue weighted by Gasteiger charge is -2.31. The molecule has 5 heteroatoms. The Morgan fingerprint density at radius 3 is 2.86 bits per heavy atom. The largest absolute Gasteiger partial charge is 0.352 e. The third kappa shape index (κ3) is 2.19. The van der Waals surface area contributed by atoms with Crippen LogP contribution >= 0.6 is 0 Å². The highest BCUT2D eigenvalue weighted by atomic mass is 16.2. The van der Waals surface area contributed by atoms with Crippen LogP contribution in [0.5, 0.6) is 0 Å². The summed E-state index contributed by atoms with van der Waals surface area (Å²) < 4.78 is 0. The molecule has 1 aliphatic carbocycles. The molecule has 2 aliphatic heterocycles. The molecule has 2 fully saturated rings. The first-order valence-electron chi connectivity index (χ1n) is 8.28. The molecule has 0 bridgehead atoms. The van der Waals surface area contributed by atoms with Crippen molar-refractivity contribution < 1.29 is 9.59 Å². The second kappa shape index (κ2) is 5.38. The monoisotopic (exact) mass is 299 g/mol. The molecule has 1 aromatic heterocycles. The summed E-state index contributed by atoms with van der Waals surface area (Å²) in [5.41, 5.74) is 2.06. The summed E-state index contributed by atoms with van der Waals surface area (Å²) >= 11 is 0. The van der Waals surface area contributed by atoms with E-state index >= 15 is 0 Å². The van der Waals surface area contributed by atoms with Crippen molar-refractivity contribution >= 4 is 11.8 Å². The number of likely N-dealkylation sites (tertiary alicyclic amines) is 1. The van der Waals surface area contributed by atoms with Gasteiger partial charge in [0.15, 0.2) is 0 Å². The highest BCUT2D eigenvalue weighted by molar-refractivity contribution is 6.02. The van der Waals surface area contributed by atoms with Crippen molar-refractivity contribution in [3.8, 4) is 0 Å². The molecule has 3 heterocycles. The van der Waals surface area contributed by atoms with Crippen molar-refractivity contribution in [1.82, 2.24) is 15.2 Å². The second-order valence-corrected chi connectivity index (χ2v) is 6.71. The number of nitrogens with zero attached hydrogens (tertiary/aromatic N) is 2. The summed E-state index contributed by atoms with van der Waals surface area (Å²) in [5, 5.41) is 2.81. The maximum atomic E-state index is 12.9. The first-order valence-corrected chi connectivity index (χ1v) is 8.28. The maximum absolute atomic E-state index is 12.9. The zero-order valence-electron chi connectivity index (χ0n) is 12.7. The van der Waals surface area contributed by atoms with Crippen LogP contribution in [0, 0.1) is 11.8 Å². The van der Waals surface area contributed by atoms with Gasteiger partial charge in [-0.05, 0) is 30.2 Å². The fraction of sp³-hybridized carbons (Fsp3) is 0.588. The topological polar surface area (TPSA) is 62.3 Å². The Labute approximate surface area is 130 Å². The lowest BCUT2D eigenvalue weighted by molar-refractivity contribution is 0.0774. The van der Waals surface area contributed by atoms with Crippen molar-refractivity contribution in [3.05, 3.63) is 29.1 Å². The summed E-state index contributed by atoms with van der Waals surface area (Å²) in [7, 11) is 0. The Kier molecular flexibility index (Phi) is 3.36. The third-order valence-corrected chi connectivity index (χ3v) is 5.52. The van der Waals surface area contributed by atoms with Crippen LogP contribution in [-0.4, -0.2) is 41.3 Å². The smallest absolute Gasteiger partial charge is 0.255 e. The number of aromatic nitrogens is 1. The fourth-order valence-corrected chi connectivity index (χ4v) is 3.97. The molecule has 2 amide bonds. The van der Waals surface area contributed by atoms with Crippen LogP contribution in [0.4, 0.5) is 0 Å². The summed E-state index contributed by atoms with van der Waals surface area (Å²) in [5.74, 6) is 1.44. The zero-order valence-corrected chi connectivity index (χ0v) is 12.7. The number of fused-ring (bicyclic) bond motifs is 1. The molecular weight excluding hydrogens is 278 g/mol.